The van der Waals surface area contributed by atoms with Crippen molar-refractivity contribution in [2.45, 2.75) is 4.90 Å². The Kier molecular flexibility index (Phi) is 4.44. The lowest BCUT2D eigenvalue weighted by atomic mass is 10.2. The van der Waals surface area contributed by atoms with Crippen LogP contribution in [0.2, 0.25) is 0 Å². The van der Waals surface area contributed by atoms with Crippen LogP contribution in [0.5, 0.6) is 5.75 Å². The van der Waals surface area contributed by atoms with Gasteiger partial charge in [0.15, 0.2) is 11.1 Å². The molecule has 1 amide bonds. The summed E-state index contributed by atoms with van der Waals surface area (Å²) in [5.74, 6) is 0.0194. The maximum Gasteiger partial charge on any atom is 0.257 e. The number of hydrogen-bond donors (Lipinski definition) is 2. The van der Waals surface area contributed by atoms with Crippen LogP contribution in [0.4, 0.5) is 5.69 Å². The Morgan fingerprint density at radius 3 is 2.80 bits per heavy atom. The van der Waals surface area contributed by atoms with Crippen LogP contribution in [0.15, 0.2) is 47.6 Å². The maximum atomic E-state index is 12.1. The van der Waals surface area contributed by atoms with E-state index in [1.54, 1.807) is 18.2 Å². The van der Waals surface area contributed by atoms with Crippen molar-refractivity contribution < 1.29 is 18.3 Å². The molecule has 1 aromatic carbocycles. The smallest absolute Gasteiger partial charge is 0.257 e. The number of ether oxygens (including phenoxy) is 1. The molecule has 0 radical (unpaired) electrons. The van der Waals surface area contributed by atoms with Gasteiger partial charge in [0, 0.05) is 6.20 Å². The third-order valence-corrected chi connectivity index (χ3v) is 3.27. The molecule has 104 valence electrons. The van der Waals surface area contributed by atoms with E-state index in [0.717, 1.165) is 0 Å². The van der Waals surface area contributed by atoms with Gasteiger partial charge in [0.05, 0.1) is 29.5 Å². The molecule has 0 fully saturated rings. The van der Waals surface area contributed by atoms with E-state index in [4.69, 9.17) is 9.29 Å². The number of rotatable bonds is 4. The van der Waals surface area contributed by atoms with E-state index in [1.807, 2.05) is 0 Å². The number of pyridine rings is 1. The molecule has 0 aliphatic rings. The predicted molar refractivity (Wildman–Crippen MR) is 74.2 cm³/mol. The number of nitrogens with one attached hydrogen (secondary N) is 1. The third kappa shape index (κ3) is 3.19. The van der Waals surface area contributed by atoms with Crippen LogP contribution < -0.4 is 10.1 Å². The van der Waals surface area contributed by atoms with Crippen LogP contribution in [-0.4, -0.2) is 26.8 Å². The zero-order valence-electron chi connectivity index (χ0n) is 10.6. The van der Waals surface area contributed by atoms with Crippen molar-refractivity contribution in [3.8, 4) is 5.75 Å². The molecule has 0 bridgehead atoms. The van der Waals surface area contributed by atoms with Crippen LogP contribution in [0.1, 0.15) is 10.4 Å². The highest BCUT2D eigenvalue weighted by molar-refractivity contribution is 7.79. The predicted octanol–water partition coefficient (Wildman–Crippen LogP) is 1.92. The van der Waals surface area contributed by atoms with Crippen LogP contribution in [0, 0.1) is 0 Å². The first-order chi connectivity index (χ1) is 9.61. The molecule has 0 spiro atoms. The van der Waals surface area contributed by atoms with Crippen molar-refractivity contribution in [2.24, 2.45) is 0 Å². The lowest BCUT2D eigenvalue weighted by Gasteiger charge is -2.08. The molecule has 7 heteroatoms. The molecular formula is C13H12N2O4S. The number of aromatic nitrogens is 1. The Balaban J connectivity index is 2.25. The third-order valence-electron chi connectivity index (χ3n) is 2.53. The Labute approximate surface area is 118 Å². The van der Waals surface area contributed by atoms with E-state index in [-0.39, 0.29) is 10.6 Å². The number of amides is 1. The van der Waals surface area contributed by atoms with Crippen molar-refractivity contribution in [1.82, 2.24) is 4.98 Å². The molecule has 0 saturated carbocycles. The Morgan fingerprint density at radius 2 is 2.10 bits per heavy atom. The van der Waals surface area contributed by atoms with Crippen LogP contribution in [0.3, 0.4) is 0 Å². The van der Waals surface area contributed by atoms with Crippen molar-refractivity contribution in [3.63, 3.8) is 0 Å². The second-order valence-electron chi connectivity index (χ2n) is 3.81. The van der Waals surface area contributed by atoms with Crippen molar-refractivity contribution >= 4 is 22.7 Å². The fourth-order valence-corrected chi connectivity index (χ4v) is 2.07. The summed E-state index contributed by atoms with van der Waals surface area (Å²) < 4.78 is 25.3. The number of carbonyl (C=O) groups excluding carboxylic acids is 1. The van der Waals surface area contributed by atoms with Crippen molar-refractivity contribution in [1.29, 1.82) is 0 Å². The van der Waals surface area contributed by atoms with Gasteiger partial charge in [-0.3, -0.25) is 9.78 Å². The SMILES string of the molecule is COc1cncc(C(=O)Nc2ccccc2S(=O)O)c1. The summed E-state index contributed by atoms with van der Waals surface area (Å²) >= 11 is -2.17. The maximum absolute atomic E-state index is 12.1. The number of methoxy groups -OCH3 is 1. The molecule has 1 heterocycles. The van der Waals surface area contributed by atoms with Gasteiger partial charge in [-0.1, -0.05) is 12.1 Å². The Morgan fingerprint density at radius 1 is 1.35 bits per heavy atom. The zero-order chi connectivity index (χ0) is 14.5. The van der Waals surface area contributed by atoms with Gasteiger partial charge in [-0.2, -0.15) is 0 Å². The molecule has 2 aromatic rings. The number of benzene rings is 1. The molecule has 0 saturated heterocycles. The van der Waals surface area contributed by atoms with E-state index in [0.29, 0.717) is 11.3 Å². The van der Waals surface area contributed by atoms with Crippen LogP contribution in [0.25, 0.3) is 0 Å². The van der Waals surface area contributed by atoms with Gasteiger partial charge in [-0.05, 0) is 18.2 Å². The van der Waals surface area contributed by atoms with E-state index in [9.17, 15) is 9.00 Å². The number of carbonyl (C=O) groups is 1. The lowest BCUT2D eigenvalue weighted by molar-refractivity contribution is 0.102. The fourth-order valence-electron chi connectivity index (χ4n) is 1.57. The summed E-state index contributed by atoms with van der Waals surface area (Å²) in [5, 5.41) is 2.57. The van der Waals surface area contributed by atoms with Gasteiger partial charge in [0.1, 0.15) is 5.75 Å². The molecule has 2 N–H and O–H groups in total. The molecule has 0 aliphatic carbocycles. The summed E-state index contributed by atoms with van der Waals surface area (Å²) in [6, 6.07) is 7.83. The Bertz CT molecular complexity index is 660. The monoisotopic (exact) mass is 292 g/mol. The molecule has 1 aromatic heterocycles. The van der Waals surface area contributed by atoms with E-state index in [2.05, 4.69) is 10.3 Å². The van der Waals surface area contributed by atoms with E-state index < -0.39 is 17.0 Å². The molecule has 20 heavy (non-hydrogen) atoms. The van der Waals surface area contributed by atoms with E-state index in [1.165, 1.54) is 31.6 Å². The average molecular weight is 292 g/mol. The molecule has 1 atom stereocenters. The second kappa shape index (κ2) is 6.27. The van der Waals surface area contributed by atoms with Crippen molar-refractivity contribution in [2.75, 3.05) is 12.4 Å². The average Bonchev–Trinajstić information content (AvgIpc) is 2.47. The van der Waals surface area contributed by atoms with Gasteiger partial charge in [0.2, 0.25) is 0 Å². The molecule has 6 nitrogen and oxygen atoms in total. The minimum atomic E-state index is -2.17. The standard InChI is InChI=1S/C13H12N2O4S/c1-19-10-6-9(7-14-8-10)13(16)15-11-4-2-3-5-12(11)20(17)18/h2-8H,1H3,(H,15,16)(H,17,18). The van der Waals surface area contributed by atoms with Crippen LogP contribution >= 0.6 is 0 Å². The topological polar surface area (TPSA) is 88.5 Å². The highest BCUT2D eigenvalue weighted by Crippen LogP contribution is 2.19. The minimum absolute atomic E-state index is 0.136. The normalized spacial score (nSPS) is 11.7. The number of anilines is 1. The summed E-state index contributed by atoms with van der Waals surface area (Å²) in [5.41, 5.74) is 0.573. The molecule has 1 unspecified atom stereocenters. The van der Waals surface area contributed by atoms with Gasteiger partial charge in [-0.15, -0.1) is 0 Å². The first-order valence-corrected chi connectivity index (χ1v) is 6.73. The quantitative estimate of drug-likeness (QED) is 0.840. The molecule has 0 aliphatic heterocycles. The zero-order valence-corrected chi connectivity index (χ0v) is 11.4. The fraction of sp³-hybridized carbons (Fsp3) is 0.0769. The summed E-state index contributed by atoms with van der Waals surface area (Å²) in [6.07, 6.45) is 2.86. The second-order valence-corrected chi connectivity index (χ2v) is 4.75. The largest absolute Gasteiger partial charge is 0.495 e. The van der Waals surface area contributed by atoms with Crippen LogP contribution in [-0.2, 0) is 11.1 Å². The van der Waals surface area contributed by atoms with Gasteiger partial charge < -0.3 is 14.6 Å². The van der Waals surface area contributed by atoms with E-state index >= 15 is 0 Å². The van der Waals surface area contributed by atoms with Gasteiger partial charge in [0.25, 0.3) is 5.91 Å². The summed E-state index contributed by atoms with van der Waals surface area (Å²) in [4.78, 5) is 16.1. The molecular weight excluding hydrogens is 280 g/mol. The first kappa shape index (κ1) is 14.2. The highest BCUT2D eigenvalue weighted by Gasteiger charge is 2.12. The Hall–Kier alpha value is -2.25. The summed E-state index contributed by atoms with van der Waals surface area (Å²) in [7, 11) is 1.48. The number of para-hydroxylation sites is 1. The first-order valence-electron chi connectivity index (χ1n) is 5.62. The minimum Gasteiger partial charge on any atom is -0.495 e. The highest BCUT2D eigenvalue weighted by atomic mass is 32.2. The molecule has 2 rings (SSSR count). The van der Waals surface area contributed by atoms with Crippen molar-refractivity contribution in [3.05, 3.63) is 48.3 Å². The summed E-state index contributed by atoms with van der Waals surface area (Å²) in [6.45, 7) is 0. The van der Waals surface area contributed by atoms with Gasteiger partial charge in [-0.25, -0.2) is 4.21 Å². The van der Waals surface area contributed by atoms with Gasteiger partial charge >= 0.3 is 0 Å². The number of nitrogens with zero attached hydrogens (tertiary/aromatic N) is 1. The lowest BCUT2D eigenvalue weighted by Crippen LogP contribution is -2.14. The number of hydrogen-bond acceptors (Lipinski definition) is 4.